The van der Waals surface area contributed by atoms with E-state index in [4.69, 9.17) is 5.73 Å². The number of nitrogens with two attached hydrogens (primary N) is 1. The van der Waals surface area contributed by atoms with E-state index >= 15 is 0 Å². The second-order valence-corrected chi connectivity index (χ2v) is 4.78. The van der Waals surface area contributed by atoms with Gasteiger partial charge in [-0.2, -0.15) is 0 Å². The Labute approximate surface area is 107 Å². The van der Waals surface area contributed by atoms with E-state index in [9.17, 15) is 9.18 Å². The van der Waals surface area contributed by atoms with Gasteiger partial charge in [-0.05, 0) is 24.5 Å². The Kier molecular flexibility index (Phi) is 5.22. The summed E-state index contributed by atoms with van der Waals surface area (Å²) in [6.45, 7) is 4.67. The molecule has 0 aliphatic rings. The van der Waals surface area contributed by atoms with Gasteiger partial charge in [0.2, 0.25) is 0 Å². The normalized spacial score (nSPS) is 12.6. The Hall–Kier alpha value is -1.49. The Balaban J connectivity index is 2.54. The SMILES string of the molecule is CC(C)C(N)CCN(C)C(=O)c1ccc(F)cn1. The number of pyridine rings is 1. The van der Waals surface area contributed by atoms with Crippen LogP contribution in [0.5, 0.6) is 0 Å². The number of hydrogen-bond donors (Lipinski definition) is 1. The van der Waals surface area contributed by atoms with Crippen molar-refractivity contribution >= 4 is 5.91 Å². The Morgan fingerprint density at radius 2 is 2.17 bits per heavy atom. The van der Waals surface area contributed by atoms with Crippen LogP contribution in [0, 0.1) is 11.7 Å². The lowest BCUT2D eigenvalue weighted by Gasteiger charge is -2.21. The van der Waals surface area contributed by atoms with Gasteiger partial charge in [0.15, 0.2) is 0 Å². The van der Waals surface area contributed by atoms with Crippen molar-refractivity contribution in [3.8, 4) is 0 Å². The van der Waals surface area contributed by atoms with E-state index < -0.39 is 5.82 Å². The van der Waals surface area contributed by atoms with E-state index in [1.807, 2.05) is 13.8 Å². The van der Waals surface area contributed by atoms with Gasteiger partial charge in [0, 0.05) is 19.6 Å². The maximum atomic E-state index is 12.7. The fourth-order valence-corrected chi connectivity index (χ4v) is 1.48. The van der Waals surface area contributed by atoms with Crippen LogP contribution in [-0.2, 0) is 0 Å². The number of carbonyl (C=O) groups is 1. The molecule has 18 heavy (non-hydrogen) atoms. The first-order valence-corrected chi connectivity index (χ1v) is 6.04. The highest BCUT2D eigenvalue weighted by molar-refractivity contribution is 5.92. The summed E-state index contributed by atoms with van der Waals surface area (Å²) in [6.07, 6.45) is 1.78. The van der Waals surface area contributed by atoms with Crippen LogP contribution in [0.1, 0.15) is 30.8 Å². The Morgan fingerprint density at radius 1 is 1.50 bits per heavy atom. The van der Waals surface area contributed by atoms with Crippen LogP contribution in [0.2, 0.25) is 0 Å². The molecule has 0 radical (unpaired) electrons. The highest BCUT2D eigenvalue weighted by atomic mass is 19.1. The maximum Gasteiger partial charge on any atom is 0.272 e. The van der Waals surface area contributed by atoms with E-state index in [-0.39, 0.29) is 17.6 Å². The summed E-state index contributed by atoms with van der Waals surface area (Å²) in [7, 11) is 1.69. The lowest BCUT2D eigenvalue weighted by Crippen LogP contribution is -2.35. The average molecular weight is 253 g/mol. The van der Waals surface area contributed by atoms with Gasteiger partial charge >= 0.3 is 0 Å². The van der Waals surface area contributed by atoms with Gasteiger partial charge in [0.25, 0.3) is 5.91 Å². The van der Waals surface area contributed by atoms with Crippen molar-refractivity contribution in [2.75, 3.05) is 13.6 Å². The van der Waals surface area contributed by atoms with Gasteiger partial charge in [-0.25, -0.2) is 9.37 Å². The van der Waals surface area contributed by atoms with Gasteiger partial charge < -0.3 is 10.6 Å². The van der Waals surface area contributed by atoms with E-state index in [1.54, 1.807) is 11.9 Å². The molecule has 0 saturated heterocycles. The summed E-state index contributed by atoms with van der Waals surface area (Å²) in [5.41, 5.74) is 6.17. The fourth-order valence-electron chi connectivity index (χ4n) is 1.48. The summed E-state index contributed by atoms with van der Waals surface area (Å²) in [5.74, 6) is -0.278. The van der Waals surface area contributed by atoms with Crippen LogP contribution in [-0.4, -0.2) is 35.4 Å². The molecule has 100 valence electrons. The summed E-state index contributed by atoms with van der Waals surface area (Å²) in [5, 5.41) is 0. The minimum atomic E-state index is -0.448. The zero-order valence-electron chi connectivity index (χ0n) is 11.1. The van der Waals surface area contributed by atoms with Crippen molar-refractivity contribution in [3.63, 3.8) is 0 Å². The van der Waals surface area contributed by atoms with E-state index in [0.717, 1.165) is 12.6 Å². The van der Waals surface area contributed by atoms with Crippen LogP contribution in [0.25, 0.3) is 0 Å². The van der Waals surface area contributed by atoms with Crippen molar-refractivity contribution < 1.29 is 9.18 Å². The number of carbonyl (C=O) groups excluding carboxylic acids is 1. The molecule has 1 amide bonds. The molecule has 0 bridgehead atoms. The van der Waals surface area contributed by atoms with Crippen LogP contribution >= 0.6 is 0 Å². The van der Waals surface area contributed by atoms with Gasteiger partial charge in [-0.15, -0.1) is 0 Å². The van der Waals surface area contributed by atoms with Crippen molar-refractivity contribution in [2.45, 2.75) is 26.3 Å². The molecule has 1 rings (SSSR count). The molecule has 4 nitrogen and oxygen atoms in total. The zero-order valence-corrected chi connectivity index (χ0v) is 11.1. The molecule has 0 fully saturated rings. The van der Waals surface area contributed by atoms with E-state index in [0.29, 0.717) is 12.5 Å². The molecule has 0 aliphatic heterocycles. The molecule has 0 spiro atoms. The van der Waals surface area contributed by atoms with Gasteiger partial charge in [-0.1, -0.05) is 13.8 Å². The lowest BCUT2D eigenvalue weighted by molar-refractivity contribution is 0.0783. The molecule has 1 heterocycles. The van der Waals surface area contributed by atoms with E-state index in [1.165, 1.54) is 12.1 Å². The first-order chi connectivity index (χ1) is 8.41. The van der Waals surface area contributed by atoms with Crippen molar-refractivity contribution in [2.24, 2.45) is 11.7 Å². The summed E-state index contributed by atoms with van der Waals surface area (Å²) >= 11 is 0. The number of nitrogens with zero attached hydrogens (tertiary/aromatic N) is 2. The van der Waals surface area contributed by atoms with Gasteiger partial charge in [0.1, 0.15) is 11.5 Å². The number of hydrogen-bond acceptors (Lipinski definition) is 3. The summed E-state index contributed by atoms with van der Waals surface area (Å²) < 4.78 is 12.7. The minimum Gasteiger partial charge on any atom is -0.340 e. The Morgan fingerprint density at radius 3 is 2.67 bits per heavy atom. The average Bonchev–Trinajstić information content (AvgIpc) is 2.35. The molecule has 1 aromatic heterocycles. The minimum absolute atomic E-state index is 0.0708. The third-order valence-electron chi connectivity index (χ3n) is 2.95. The molecular weight excluding hydrogens is 233 g/mol. The standard InChI is InChI=1S/C13H20FN3O/c1-9(2)11(15)6-7-17(3)13(18)12-5-4-10(14)8-16-12/h4-5,8-9,11H,6-7,15H2,1-3H3. The third-order valence-corrected chi connectivity index (χ3v) is 2.95. The van der Waals surface area contributed by atoms with E-state index in [2.05, 4.69) is 4.98 Å². The van der Waals surface area contributed by atoms with Crippen LogP contribution in [0.4, 0.5) is 4.39 Å². The molecule has 1 unspecified atom stereocenters. The highest BCUT2D eigenvalue weighted by Gasteiger charge is 2.15. The molecule has 5 heteroatoms. The molecule has 0 saturated carbocycles. The monoisotopic (exact) mass is 253 g/mol. The fraction of sp³-hybridized carbons (Fsp3) is 0.538. The van der Waals surface area contributed by atoms with Crippen molar-refractivity contribution in [1.29, 1.82) is 0 Å². The summed E-state index contributed by atoms with van der Waals surface area (Å²) in [6, 6.07) is 2.69. The first-order valence-electron chi connectivity index (χ1n) is 6.04. The van der Waals surface area contributed by atoms with Crippen LogP contribution in [0.3, 0.4) is 0 Å². The molecule has 0 aromatic carbocycles. The number of amides is 1. The third kappa shape index (κ3) is 4.07. The molecular formula is C13H20FN3O. The smallest absolute Gasteiger partial charge is 0.272 e. The largest absolute Gasteiger partial charge is 0.340 e. The predicted molar refractivity (Wildman–Crippen MR) is 68.6 cm³/mol. The second-order valence-electron chi connectivity index (χ2n) is 4.78. The topological polar surface area (TPSA) is 59.2 Å². The lowest BCUT2D eigenvalue weighted by atomic mass is 10.0. The molecule has 1 atom stereocenters. The van der Waals surface area contributed by atoms with Crippen molar-refractivity contribution in [3.05, 3.63) is 29.8 Å². The van der Waals surface area contributed by atoms with Crippen LogP contribution in [0.15, 0.2) is 18.3 Å². The quantitative estimate of drug-likeness (QED) is 0.868. The highest BCUT2D eigenvalue weighted by Crippen LogP contribution is 2.06. The number of aromatic nitrogens is 1. The zero-order chi connectivity index (χ0) is 13.7. The number of rotatable bonds is 5. The summed E-state index contributed by atoms with van der Waals surface area (Å²) in [4.78, 5) is 17.3. The molecule has 2 N–H and O–H groups in total. The van der Waals surface area contributed by atoms with Gasteiger partial charge in [0.05, 0.1) is 6.20 Å². The maximum absolute atomic E-state index is 12.7. The molecule has 0 aliphatic carbocycles. The van der Waals surface area contributed by atoms with Gasteiger partial charge in [-0.3, -0.25) is 4.79 Å². The predicted octanol–water partition coefficient (Wildman–Crippen LogP) is 1.67. The number of halogens is 1. The first kappa shape index (κ1) is 14.6. The molecule has 1 aromatic rings. The van der Waals surface area contributed by atoms with Crippen LogP contribution < -0.4 is 5.73 Å². The second kappa shape index (κ2) is 6.44. The van der Waals surface area contributed by atoms with Crippen molar-refractivity contribution in [1.82, 2.24) is 9.88 Å². The Bertz CT molecular complexity index is 392.